The Balaban J connectivity index is 2.38. The predicted molar refractivity (Wildman–Crippen MR) is 61.7 cm³/mol. The second-order valence-corrected chi connectivity index (χ2v) is 4.13. The van der Waals surface area contributed by atoms with E-state index in [1.165, 1.54) is 4.88 Å². The molecule has 2 nitrogen and oxygen atoms in total. The van der Waals surface area contributed by atoms with Gasteiger partial charge in [-0.3, -0.25) is 4.90 Å². The van der Waals surface area contributed by atoms with Gasteiger partial charge in [0.25, 0.3) is 0 Å². The lowest BCUT2D eigenvalue weighted by atomic mass is 10.4. The predicted octanol–water partition coefficient (Wildman–Crippen LogP) is 2.38. The molecule has 0 aliphatic heterocycles. The van der Waals surface area contributed by atoms with E-state index < -0.39 is 0 Å². The van der Waals surface area contributed by atoms with E-state index in [-0.39, 0.29) is 0 Å². The summed E-state index contributed by atoms with van der Waals surface area (Å²) in [5.74, 6) is 0. The maximum atomic E-state index is 5.07. The molecule has 0 saturated carbocycles. The van der Waals surface area contributed by atoms with Gasteiger partial charge in [0.1, 0.15) is 0 Å². The highest BCUT2D eigenvalue weighted by atomic mass is 32.1. The van der Waals surface area contributed by atoms with E-state index in [9.17, 15) is 0 Å². The van der Waals surface area contributed by atoms with E-state index in [1.54, 1.807) is 18.4 Å². The molecule has 78 valence electrons. The summed E-state index contributed by atoms with van der Waals surface area (Å²) in [5.41, 5.74) is 0. The van der Waals surface area contributed by atoms with Crippen molar-refractivity contribution in [1.82, 2.24) is 4.90 Å². The highest BCUT2D eigenvalue weighted by Crippen LogP contribution is 2.11. The molecule has 0 spiro atoms. The van der Waals surface area contributed by atoms with Crippen LogP contribution in [0.15, 0.2) is 30.2 Å². The van der Waals surface area contributed by atoms with Crippen LogP contribution in [0.3, 0.4) is 0 Å². The van der Waals surface area contributed by atoms with E-state index in [2.05, 4.69) is 29.0 Å². The minimum atomic E-state index is 0.777. The lowest BCUT2D eigenvalue weighted by molar-refractivity contribution is 0.151. The molecule has 1 rings (SSSR count). The molecule has 14 heavy (non-hydrogen) atoms. The van der Waals surface area contributed by atoms with E-state index in [1.807, 2.05) is 6.08 Å². The third-order valence-electron chi connectivity index (χ3n) is 1.96. The largest absolute Gasteiger partial charge is 0.383 e. The molecule has 0 aliphatic carbocycles. The maximum absolute atomic E-state index is 5.07. The molecule has 0 bridgehead atoms. The van der Waals surface area contributed by atoms with Crippen LogP contribution >= 0.6 is 11.3 Å². The van der Waals surface area contributed by atoms with E-state index in [0.717, 1.165) is 26.2 Å². The Morgan fingerprint density at radius 1 is 1.64 bits per heavy atom. The standard InChI is InChI=1S/C11H17NOS/c1-3-6-12(7-8-13-2)10-11-5-4-9-14-11/h3-5,9H,1,6-8,10H2,2H3. The van der Waals surface area contributed by atoms with Crippen LogP contribution in [-0.2, 0) is 11.3 Å². The Labute approximate surface area is 89.8 Å². The van der Waals surface area contributed by atoms with Gasteiger partial charge in [-0.2, -0.15) is 0 Å². The van der Waals surface area contributed by atoms with Crippen molar-refractivity contribution in [2.24, 2.45) is 0 Å². The number of hydrogen-bond acceptors (Lipinski definition) is 3. The summed E-state index contributed by atoms with van der Waals surface area (Å²) in [7, 11) is 1.73. The summed E-state index contributed by atoms with van der Waals surface area (Å²) in [6, 6.07) is 4.25. The Morgan fingerprint density at radius 2 is 2.50 bits per heavy atom. The number of ether oxygens (including phenoxy) is 1. The molecule has 0 fully saturated rings. The second-order valence-electron chi connectivity index (χ2n) is 3.10. The van der Waals surface area contributed by atoms with Crippen LogP contribution in [0.4, 0.5) is 0 Å². The first kappa shape index (κ1) is 11.4. The van der Waals surface area contributed by atoms with Crippen molar-refractivity contribution in [2.75, 3.05) is 26.8 Å². The Morgan fingerprint density at radius 3 is 3.07 bits per heavy atom. The summed E-state index contributed by atoms with van der Waals surface area (Å²) in [4.78, 5) is 3.71. The van der Waals surface area contributed by atoms with Gasteiger partial charge in [0.15, 0.2) is 0 Å². The van der Waals surface area contributed by atoms with Crippen LogP contribution in [0.2, 0.25) is 0 Å². The molecular formula is C11H17NOS. The lowest BCUT2D eigenvalue weighted by Crippen LogP contribution is -2.26. The molecule has 1 aromatic rings. The minimum Gasteiger partial charge on any atom is -0.383 e. The van der Waals surface area contributed by atoms with Crippen molar-refractivity contribution >= 4 is 11.3 Å². The third-order valence-corrected chi connectivity index (χ3v) is 2.82. The van der Waals surface area contributed by atoms with E-state index in [0.29, 0.717) is 0 Å². The third kappa shape index (κ3) is 4.05. The SMILES string of the molecule is C=CCN(CCOC)Cc1cccs1. The lowest BCUT2D eigenvalue weighted by Gasteiger charge is -2.18. The van der Waals surface area contributed by atoms with Gasteiger partial charge in [-0.15, -0.1) is 17.9 Å². The second kappa shape index (κ2) is 6.76. The number of hydrogen-bond donors (Lipinski definition) is 0. The summed E-state index contributed by atoms with van der Waals surface area (Å²) in [5, 5.41) is 2.11. The molecule has 0 N–H and O–H groups in total. The maximum Gasteiger partial charge on any atom is 0.0589 e. The van der Waals surface area contributed by atoms with Crippen LogP contribution < -0.4 is 0 Å². The van der Waals surface area contributed by atoms with Gasteiger partial charge in [0.2, 0.25) is 0 Å². The molecule has 1 heterocycles. The van der Waals surface area contributed by atoms with Crippen molar-refractivity contribution in [1.29, 1.82) is 0 Å². The molecular weight excluding hydrogens is 194 g/mol. The van der Waals surface area contributed by atoms with Crippen LogP contribution in [0.25, 0.3) is 0 Å². The molecule has 0 aromatic carbocycles. The number of nitrogens with zero attached hydrogens (tertiary/aromatic N) is 1. The van der Waals surface area contributed by atoms with E-state index >= 15 is 0 Å². The number of rotatable bonds is 7. The molecule has 0 aliphatic rings. The topological polar surface area (TPSA) is 12.5 Å². The molecule has 0 unspecified atom stereocenters. The minimum absolute atomic E-state index is 0.777. The van der Waals surface area contributed by atoms with Gasteiger partial charge in [-0.05, 0) is 11.4 Å². The van der Waals surface area contributed by atoms with Crippen molar-refractivity contribution in [3.8, 4) is 0 Å². The molecule has 0 atom stereocenters. The summed E-state index contributed by atoms with van der Waals surface area (Å²) >= 11 is 1.79. The quantitative estimate of drug-likeness (QED) is 0.642. The fourth-order valence-electron chi connectivity index (χ4n) is 1.26. The highest BCUT2D eigenvalue weighted by Gasteiger charge is 2.03. The molecule has 0 radical (unpaired) electrons. The molecule has 3 heteroatoms. The van der Waals surface area contributed by atoms with Crippen LogP contribution in [0, 0.1) is 0 Å². The van der Waals surface area contributed by atoms with E-state index in [4.69, 9.17) is 4.74 Å². The first-order valence-electron chi connectivity index (χ1n) is 4.71. The Kier molecular flexibility index (Phi) is 5.52. The summed E-state index contributed by atoms with van der Waals surface area (Å²) in [6.07, 6.45) is 1.93. The number of thiophene rings is 1. The zero-order chi connectivity index (χ0) is 10.2. The van der Waals surface area contributed by atoms with Gasteiger partial charge in [-0.25, -0.2) is 0 Å². The van der Waals surface area contributed by atoms with Crippen molar-refractivity contribution in [3.63, 3.8) is 0 Å². The first-order chi connectivity index (χ1) is 6.86. The molecule has 0 amide bonds. The fourth-order valence-corrected chi connectivity index (χ4v) is 2.01. The normalized spacial score (nSPS) is 10.7. The molecule has 1 aromatic heterocycles. The number of methoxy groups -OCH3 is 1. The zero-order valence-corrected chi connectivity index (χ0v) is 9.43. The van der Waals surface area contributed by atoms with Crippen LogP contribution in [0.1, 0.15) is 4.88 Å². The monoisotopic (exact) mass is 211 g/mol. The van der Waals surface area contributed by atoms with Crippen molar-refractivity contribution in [3.05, 3.63) is 35.0 Å². The van der Waals surface area contributed by atoms with Crippen LogP contribution in [-0.4, -0.2) is 31.7 Å². The Bertz CT molecular complexity index is 246. The smallest absolute Gasteiger partial charge is 0.0589 e. The van der Waals surface area contributed by atoms with Gasteiger partial charge >= 0.3 is 0 Å². The average molecular weight is 211 g/mol. The highest BCUT2D eigenvalue weighted by molar-refractivity contribution is 7.09. The van der Waals surface area contributed by atoms with Gasteiger partial charge < -0.3 is 4.74 Å². The first-order valence-corrected chi connectivity index (χ1v) is 5.59. The van der Waals surface area contributed by atoms with Crippen molar-refractivity contribution < 1.29 is 4.74 Å². The van der Waals surface area contributed by atoms with Crippen LogP contribution in [0.5, 0.6) is 0 Å². The molecule has 0 saturated heterocycles. The zero-order valence-electron chi connectivity index (χ0n) is 8.61. The summed E-state index contributed by atoms with van der Waals surface area (Å²) < 4.78 is 5.07. The van der Waals surface area contributed by atoms with Crippen molar-refractivity contribution in [2.45, 2.75) is 6.54 Å². The van der Waals surface area contributed by atoms with Gasteiger partial charge in [-0.1, -0.05) is 12.1 Å². The average Bonchev–Trinajstić information content (AvgIpc) is 2.67. The van der Waals surface area contributed by atoms with Gasteiger partial charge in [0.05, 0.1) is 6.61 Å². The fraction of sp³-hybridized carbons (Fsp3) is 0.455. The van der Waals surface area contributed by atoms with Gasteiger partial charge in [0, 0.05) is 31.6 Å². The summed E-state index contributed by atoms with van der Waals surface area (Å²) in [6.45, 7) is 7.41. The Hall–Kier alpha value is -0.640.